The lowest BCUT2D eigenvalue weighted by molar-refractivity contribution is -0.384. The van der Waals surface area contributed by atoms with E-state index in [1.807, 2.05) is 59.0 Å². The second-order valence-electron chi connectivity index (χ2n) is 7.87. The summed E-state index contributed by atoms with van der Waals surface area (Å²) >= 11 is 1.51. The summed E-state index contributed by atoms with van der Waals surface area (Å²) in [6.07, 6.45) is 0. The number of non-ortho nitro benzene ring substituents is 1. The summed E-state index contributed by atoms with van der Waals surface area (Å²) in [7, 11) is 1.42. The molecule has 0 aliphatic carbocycles. The van der Waals surface area contributed by atoms with Crippen LogP contribution >= 0.6 is 11.3 Å². The van der Waals surface area contributed by atoms with Gasteiger partial charge in [0.2, 0.25) is 5.78 Å². The number of carbonyl (C=O) groups excluding carboxylic acids is 1. The minimum Gasteiger partial charge on any atom is -0.494 e. The molecule has 0 radical (unpaired) electrons. The molecule has 0 fully saturated rings. The van der Waals surface area contributed by atoms with Gasteiger partial charge in [-0.3, -0.25) is 19.3 Å². The lowest BCUT2D eigenvalue weighted by Gasteiger charge is -2.08. The number of nitro groups is 1. The number of nitrogens with zero attached hydrogens (tertiary/aromatic N) is 4. The van der Waals surface area contributed by atoms with E-state index in [9.17, 15) is 14.9 Å². The molecule has 6 aromatic rings. The third-order valence-corrected chi connectivity index (χ3v) is 6.84. The topological polar surface area (TPSA) is 99.6 Å². The first-order valence-corrected chi connectivity index (χ1v) is 11.5. The first-order valence-electron chi connectivity index (χ1n) is 10.7. The van der Waals surface area contributed by atoms with Gasteiger partial charge in [0, 0.05) is 17.0 Å². The third-order valence-electron chi connectivity index (χ3n) is 5.82. The second kappa shape index (κ2) is 8.00. The van der Waals surface area contributed by atoms with Crippen molar-refractivity contribution in [2.24, 2.45) is 0 Å². The quantitative estimate of drug-likeness (QED) is 0.173. The summed E-state index contributed by atoms with van der Waals surface area (Å²) in [5.74, 6) is -0.0752. The van der Waals surface area contributed by atoms with E-state index in [4.69, 9.17) is 9.72 Å². The van der Waals surface area contributed by atoms with Gasteiger partial charge in [0.25, 0.3) is 5.69 Å². The molecule has 35 heavy (non-hydrogen) atoms. The van der Waals surface area contributed by atoms with Crippen molar-refractivity contribution in [1.82, 2.24) is 14.4 Å². The van der Waals surface area contributed by atoms with E-state index < -0.39 is 4.92 Å². The molecule has 6 rings (SSSR count). The van der Waals surface area contributed by atoms with Crippen LogP contribution in [0.1, 0.15) is 16.2 Å². The zero-order chi connectivity index (χ0) is 24.1. The molecule has 9 heteroatoms. The van der Waals surface area contributed by atoms with Crippen molar-refractivity contribution in [3.63, 3.8) is 0 Å². The maximum absolute atomic E-state index is 14.0. The van der Waals surface area contributed by atoms with Gasteiger partial charge in [0.05, 0.1) is 28.3 Å². The number of benzene rings is 3. The molecule has 0 spiro atoms. The number of carbonyl (C=O) groups is 1. The van der Waals surface area contributed by atoms with E-state index in [-0.39, 0.29) is 22.9 Å². The monoisotopic (exact) mass is 480 g/mol. The molecule has 0 aliphatic rings. The third kappa shape index (κ3) is 3.32. The van der Waals surface area contributed by atoms with Crippen molar-refractivity contribution in [3.05, 3.63) is 100 Å². The van der Waals surface area contributed by atoms with Gasteiger partial charge >= 0.3 is 0 Å². The van der Waals surface area contributed by atoms with Crippen molar-refractivity contribution in [2.45, 2.75) is 0 Å². The minimum atomic E-state index is -0.488. The van der Waals surface area contributed by atoms with E-state index >= 15 is 0 Å². The van der Waals surface area contributed by atoms with E-state index in [1.165, 1.54) is 30.6 Å². The van der Waals surface area contributed by atoms with Gasteiger partial charge in [-0.15, -0.1) is 0 Å². The molecule has 3 heterocycles. The number of para-hydroxylation sites is 1. The van der Waals surface area contributed by atoms with Gasteiger partial charge in [-0.2, -0.15) is 0 Å². The van der Waals surface area contributed by atoms with Crippen LogP contribution in [-0.4, -0.2) is 32.2 Å². The number of hydrogen-bond donors (Lipinski definition) is 0. The Hall–Kier alpha value is -4.63. The number of ketones is 1. The summed E-state index contributed by atoms with van der Waals surface area (Å²) in [4.78, 5) is 34.9. The van der Waals surface area contributed by atoms with Crippen LogP contribution in [0.15, 0.2) is 78.9 Å². The van der Waals surface area contributed by atoms with Crippen LogP contribution < -0.4 is 4.74 Å². The van der Waals surface area contributed by atoms with Gasteiger partial charge in [-0.25, -0.2) is 9.97 Å². The fraction of sp³-hybridized carbons (Fsp3) is 0.0385. The van der Waals surface area contributed by atoms with E-state index in [1.54, 1.807) is 12.1 Å². The molecule has 0 N–H and O–H groups in total. The molecular weight excluding hydrogens is 464 g/mol. The number of methoxy groups -OCH3 is 1. The van der Waals surface area contributed by atoms with Gasteiger partial charge in [0.1, 0.15) is 22.6 Å². The van der Waals surface area contributed by atoms with Gasteiger partial charge in [-0.05, 0) is 18.2 Å². The van der Waals surface area contributed by atoms with Crippen molar-refractivity contribution in [3.8, 4) is 17.0 Å². The van der Waals surface area contributed by atoms with Crippen LogP contribution in [0.4, 0.5) is 5.69 Å². The Kier molecular flexibility index (Phi) is 4.78. The zero-order valence-electron chi connectivity index (χ0n) is 18.3. The summed E-state index contributed by atoms with van der Waals surface area (Å²) in [6.45, 7) is 0. The Morgan fingerprint density at radius 2 is 1.77 bits per heavy atom. The minimum absolute atomic E-state index is 0.108. The van der Waals surface area contributed by atoms with Crippen molar-refractivity contribution in [1.29, 1.82) is 0 Å². The number of thiazole rings is 1. The highest BCUT2D eigenvalue weighted by atomic mass is 32.1. The van der Waals surface area contributed by atoms with Crippen molar-refractivity contribution in [2.75, 3.05) is 7.11 Å². The van der Waals surface area contributed by atoms with Crippen LogP contribution in [-0.2, 0) is 0 Å². The SMILES string of the molecule is COc1cc([N+](=O)[O-])cc2ccc(C(=O)c3c(-c4ccccc4)nc4sc5ccccc5n34)nc12. The highest BCUT2D eigenvalue weighted by Gasteiger charge is 2.26. The second-order valence-corrected chi connectivity index (χ2v) is 8.87. The van der Waals surface area contributed by atoms with Crippen molar-refractivity contribution < 1.29 is 14.5 Å². The van der Waals surface area contributed by atoms with Crippen LogP contribution in [0, 0.1) is 10.1 Å². The number of aromatic nitrogens is 3. The number of rotatable bonds is 5. The molecule has 170 valence electrons. The lowest BCUT2D eigenvalue weighted by Crippen LogP contribution is -2.09. The molecule has 8 nitrogen and oxygen atoms in total. The van der Waals surface area contributed by atoms with Crippen LogP contribution in [0.25, 0.3) is 37.3 Å². The zero-order valence-corrected chi connectivity index (χ0v) is 19.2. The summed E-state index contributed by atoms with van der Waals surface area (Å²) < 4.78 is 8.25. The summed E-state index contributed by atoms with van der Waals surface area (Å²) in [5, 5.41) is 11.8. The lowest BCUT2D eigenvalue weighted by atomic mass is 10.0. The normalized spacial score (nSPS) is 11.3. The summed E-state index contributed by atoms with van der Waals surface area (Å²) in [6, 6.07) is 23.3. The molecule has 0 amide bonds. The number of pyridine rings is 1. The number of ether oxygens (including phenoxy) is 1. The average molecular weight is 481 g/mol. The number of nitro benzene ring substituents is 1. The van der Waals surface area contributed by atoms with Gasteiger partial charge in [-0.1, -0.05) is 59.9 Å². The average Bonchev–Trinajstić information content (AvgIpc) is 3.44. The number of imidazole rings is 1. The molecule has 0 atom stereocenters. The Bertz CT molecular complexity index is 1790. The molecule has 0 saturated carbocycles. The van der Waals surface area contributed by atoms with Crippen molar-refractivity contribution >= 4 is 48.9 Å². The van der Waals surface area contributed by atoms with Gasteiger partial charge in [0.15, 0.2) is 10.7 Å². The molecule has 0 saturated heterocycles. The molecule has 3 aromatic heterocycles. The van der Waals surface area contributed by atoms with E-state index in [0.29, 0.717) is 27.3 Å². The first kappa shape index (κ1) is 20.9. The fourth-order valence-electron chi connectivity index (χ4n) is 4.22. The maximum Gasteiger partial charge on any atom is 0.273 e. The van der Waals surface area contributed by atoms with E-state index in [0.717, 1.165) is 15.8 Å². The van der Waals surface area contributed by atoms with Crippen LogP contribution in [0.5, 0.6) is 5.75 Å². The molecule has 3 aromatic carbocycles. The van der Waals surface area contributed by atoms with E-state index in [2.05, 4.69) is 4.98 Å². The number of hydrogen-bond acceptors (Lipinski definition) is 7. The largest absolute Gasteiger partial charge is 0.494 e. The van der Waals surface area contributed by atoms with Crippen LogP contribution in [0.2, 0.25) is 0 Å². The smallest absolute Gasteiger partial charge is 0.273 e. The Balaban J connectivity index is 1.60. The molecular formula is C26H16N4O4S. The predicted octanol–water partition coefficient (Wildman–Crippen LogP) is 5.91. The Morgan fingerprint density at radius 3 is 2.54 bits per heavy atom. The highest BCUT2D eigenvalue weighted by molar-refractivity contribution is 7.23. The molecule has 0 aliphatic heterocycles. The maximum atomic E-state index is 14.0. The Labute approximate surface area is 202 Å². The fourth-order valence-corrected chi connectivity index (χ4v) is 5.25. The Morgan fingerprint density at radius 1 is 1.00 bits per heavy atom. The standard InChI is InChI=1S/C26H16N4O4S/c1-34-20-14-17(30(32)33)13-16-11-12-18(27-22(16)20)25(31)24-23(15-7-3-2-4-8-15)28-26-29(24)19-9-5-6-10-21(19)35-26/h2-14H,1H3. The van der Waals surface area contributed by atoms with Crippen LogP contribution in [0.3, 0.4) is 0 Å². The molecule has 0 unspecified atom stereocenters. The predicted molar refractivity (Wildman–Crippen MR) is 134 cm³/mol. The number of fused-ring (bicyclic) bond motifs is 4. The summed E-state index contributed by atoms with van der Waals surface area (Å²) in [5.41, 5.74) is 3.16. The first-order chi connectivity index (χ1) is 17.0. The van der Waals surface area contributed by atoms with Gasteiger partial charge < -0.3 is 4.74 Å². The highest BCUT2D eigenvalue weighted by Crippen LogP contribution is 2.35. The molecule has 0 bridgehead atoms.